The molecule has 39 heavy (non-hydrogen) atoms. The lowest BCUT2D eigenvalue weighted by molar-refractivity contribution is -0.149. The third-order valence-electron chi connectivity index (χ3n) is 5.92. The highest BCUT2D eigenvalue weighted by molar-refractivity contribution is 7.74. The van der Waals surface area contributed by atoms with Gasteiger partial charge in [-0.25, -0.2) is 14.4 Å². The molecule has 0 aliphatic heterocycles. The van der Waals surface area contributed by atoms with Crippen molar-refractivity contribution < 1.29 is 33.3 Å². The number of aryl methyl sites for hydroxylation is 2. The maximum Gasteiger partial charge on any atom is 0.424 e. The first-order valence-corrected chi connectivity index (χ1v) is 15.0. The van der Waals surface area contributed by atoms with Gasteiger partial charge in [0.15, 0.2) is 0 Å². The maximum atomic E-state index is 14.1. The molecule has 0 saturated heterocycles. The van der Waals surface area contributed by atoms with Gasteiger partial charge in [0, 0.05) is 0 Å². The van der Waals surface area contributed by atoms with Crippen molar-refractivity contribution in [2.75, 3.05) is 6.61 Å². The van der Waals surface area contributed by atoms with E-state index < -0.39 is 31.3 Å². The first kappa shape index (κ1) is 32.1. The fourth-order valence-electron chi connectivity index (χ4n) is 4.06. The summed E-state index contributed by atoms with van der Waals surface area (Å²) >= 11 is 0. The Labute approximate surface area is 232 Å². The number of unbranched alkanes of at least 4 members (excludes halogenated alkanes) is 2. The SMILES string of the molecule is C=C(C)c1ccc(C)cc1-c1c(O)cc(CCCCC)cc1OP(=O)(NC(C)C(=O)OC(C)C)C(=O)OCC. The monoisotopic (exact) mass is 559 g/mol. The quantitative estimate of drug-likeness (QED) is 0.137. The van der Waals surface area contributed by atoms with Crippen LogP contribution < -0.4 is 9.61 Å². The molecule has 0 bridgehead atoms. The van der Waals surface area contributed by atoms with Gasteiger partial charge in [0.05, 0.1) is 18.3 Å². The number of carbonyl (C=O) groups is 2. The highest BCUT2D eigenvalue weighted by Gasteiger charge is 2.41. The Balaban J connectivity index is 2.72. The third-order valence-corrected chi connectivity index (χ3v) is 7.71. The highest BCUT2D eigenvalue weighted by atomic mass is 31.2. The highest BCUT2D eigenvalue weighted by Crippen LogP contribution is 2.51. The standard InChI is InChI=1S/C30H42NO7P/c1-9-11-12-13-23-17-26(32)28(25-16-21(7)14-15-24(25)19(3)4)27(18-23)38-39(35,30(34)36-10-2)31-22(8)29(33)37-20(5)6/h14-18,20,22,32H,3,9-13H2,1-2,4-8H3,(H,31,35). The molecule has 0 aliphatic rings. The molecule has 2 aromatic rings. The molecule has 0 spiro atoms. The van der Waals surface area contributed by atoms with E-state index in [0.29, 0.717) is 12.0 Å². The van der Waals surface area contributed by atoms with Gasteiger partial charge in [0.2, 0.25) is 0 Å². The van der Waals surface area contributed by atoms with Crippen LogP contribution in [-0.4, -0.2) is 35.5 Å². The van der Waals surface area contributed by atoms with Crippen molar-refractivity contribution in [3.63, 3.8) is 0 Å². The summed E-state index contributed by atoms with van der Waals surface area (Å²) in [5.74, 6) is -0.754. The molecule has 8 nitrogen and oxygen atoms in total. The van der Waals surface area contributed by atoms with Crippen LogP contribution in [0.4, 0.5) is 4.79 Å². The first-order chi connectivity index (χ1) is 18.3. The van der Waals surface area contributed by atoms with Crippen LogP contribution in [0, 0.1) is 6.92 Å². The largest absolute Gasteiger partial charge is 0.507 e. The summed E-state index contributed by atoms with van der Waals surface area (Å²) in [5, 5.41) is 13.8. The van der Waals surface area contributed by atoms with Gasteiger partial charge in [0.1, 0.15) is 17.5 Å². The zero-order valence-electron chi connectivity index (χ0n) is 24.1. The van der Waals surface area contributed by atoms with E-state index in [9.17, 15) is 19.3 Å². The van der Waals surface area contributed by atoms with Gasteiger partial charge in [-0.3, -0.25) is 4.79 Å². The zero-order valence-corrected chi connectivity index (χ0v) is 25.0. The van der Waals surface area contributed by atoms with Crippen molar-refractivity contribution in [1.29, 1.82) is 0 Å². The van der Waals surface area contributed by atoms with E-state index in [1.165, 1.54) is 6.92 Å². The second-order valence-corrected chi connectivity index (χ2v) is 11.9. The number of phenolic OH excluding ortho intramolecular Hbond substituents is 1. The summed E-state index contributed by atoms with van der Waals surface area (Å²) in [6, 6.07) is 7.88. The predicted octanol–water partition coefficient (Wildman–Crippen LogP) is 7.79. The van der Waals surface area contributed by atoms with Gasteiger partial charge in [0.25, 0.3) is 0 Å². The Kier molecular flexibility index (Phi) is 11.8. The predicted molar refractivity (Wildman–Crippen MR) is 155 cm³/mol. The zero-order chi connectivity index (χ0) is 29.3. The first-order valence-electron chi connectivity index (χ1n) is 13.4. The number of phenols is 1. The number of carbonyl (C=O) groups excluding carboxylic acids is 2. The second kappa shape index (κ2) is 14.3. The Morgan fingerprint density at radius 3 is 2.38 bits per heavy atom. The number of nitrogens with one attached hydrogen (secondary N) is 1. The van der Waals surface area contributed by atoms with E-state index in [0.717, 1.165) is 41.5 Å². The van der Waals surface area contributed by atoms with Crippen molar-refractivity contribution in [2.24, 2.45) is 0 Å². The lowest BCUT2D eigenvalue weighted by Gasteiger charge is -2.25. The van der Waals surface area contributed by atoms with E-state index >= 15 is 0 Å². The Morgan fingerprint density at radius 2 is 1.79 bits per heavy atom. The van der Waals surface area contributed by atoms with E-state index in [4.69, 9.17) is 14.0 Å². The van der Waals surface area contributed by atoms with Gasteiger partial charge in [-0.05, 0) is 83.2 Å². The number of aromatic hydroxyl groups is 1. The van der Waals surface area contributed by atoms with Crippen LogP contribution in [0.15, 0.2) is 36.9 Å². The van der Waals surface area contributed by atoms with Crippen molar-refractivity contribution in [3.05, 3.63) is 53.6 Å². The van der Waals surface area contributed by atoms with E-state index in [-0.39, 0.29) is 23.7 Å². The molecule has 0 heterocycles. The fraction of sp³-hybridized carbons (Fsp3) is 0.467. The van der Waals surface area contributed by atoms with Crippen LogP contribution in [0.1, 0.15) is 77.5 Å². The van der Waals surface area contributed by atoms with Gasteiger partial charge in [-0.2, -0.15) is 0 Å². The molecule has 0 fully saturated rings. The summed E-state index contributed by atoms with van der Waals surface area (Å²) in [5.41, 5.74) is 2.92. The summed E-state index contributed by atoms with van der Waals surface area (Å²) in [6.07, 6.45) is 3.13. The van der Waals surface area contributed by atoms with Crippen molar-refractivity contribution >= 4 is 24.8 Å². The van der Waals surface area contributed by atoms with Crippen LogP contribution in [0.5, 0.6) is 11.5 Å². The van der Waals surface area contributed by atoms with E-state index in [2.05, 4.69) is 18.6 Å². The lowest BCUT2D eigenvalue weighted by Crippen LogP contribution is -2.37. The molecule has 9 heteroatoms. The lowest BCUT2D eigenvalue weighted by atomic mass is 9.91. The molecular formula is C30H42NO7P. The molecular weight excluding hydrogens is 517 g/mol. The summed E-state index contributed by atoms with van der Waals surface area (Å²) in [4.78, 5) is 25.5. The number of benzene rings is 2. The molecule has 214 valence electrons. The number of rotatable bonds is 14. The van der Waals surface area contributed by atoms with Gasteiger partial charge in [-0.15, -0.1) is 0 Å². The van der Waals surface area contributed by atoms with Crippen molar-refractivity contribution in [2.45, 2.75) is 86.3 Å². The number of hydrogen-bond donors (Lipinski definition) is 2. The molecule has 0 amide bonds. The molecule has 2 rings (SSSR count). The average Bonchev–Trinajstić information content (AvgIpc) is 2.83. The van der Waals surface area contributed by atoms with Crippen LogP contribution in [0.25, 0.3) is 16.7 Å². The average molecular weight is 560 g/mol. The minimum absolute atomic E-state index is 0.0305. The third kappa shape index (κ3) is 8.70. The Hall–Kier alpha value is -3.09. The molecule has 0 aliphatic carbocycles. The van der Waals surface area contributed by atoms with Crippen LogP contribution in [0.3, 0.4) is 0 Å². The second-order valence-electron chi connectivity index (χ2n) is 9.95. The number of ether oxygens (including phenoxy) is 2. The van der Waals surface area contributed by atoms with Crippen molar-refractivity contribution in [1.82, 2.24) is 5.09 Å². The molecule has 0 aromatic heterocycles. The van der Waals surface area contributed by atoms with Gasteiger partial charge in [-0.1, -0.05) is 55.7 Å². The summed E-state index contributed by atoms with van der Waals surface area (Å²) < 4.78 is 30.4. The van der Waals surface area contributed by atoms with E-state index in [1.807, 2.05) is 32.0 Å². The van der Waals surface area contributed by atoms with Crippen LogP contribution in [-0.2, 0) is 25.3 Å². The number of esters is 1. The smallest absolute Gasteiger partial charge is 0.424 e. The molecule has 2 N–H and O–H groups in total. The van der Waals surface area contributed by atoms with Gasteiger partial charge >= 0.3 is 19.2 Å². The number of allylic oxidation sites excluding steroid dienone is 1. The summed E-state index contributed by atoms with van der Waals surface area (Å²) in [7, 11) is -4.52. The molecule has 2 aromatic carbocycles. The molecule has 0 saturated carbocycles. The van der Waals surface area contributed by atoms with Gasteiger partial charge < -0.3 is 19.1 Å². The molecule has 2 atom stereocenters. The Bertz CT molecular complexity index is 1240. The topological polar surface area (TPSA) is 111 Å². The fourth-order valence-corrected chi connectivity index (χ4v) is 5.63. The normalized spacial score (nSPS) is 13.4. The summed E-state index contributed by atoms with van der Waals surface area (Å²) in [6.45, 7) is 16.2. The van der Waals surface area contributed by atoms with Crippen LogP contribution >= 0.6 is 7.52 Å². The van der Waals surface area contributed by atoms with Crippen molar-refractivity contribution in [3.8, 4) is 22.6 Å². The van der Waals surface area contributed by atoms with Crippen LogP contribution in [0.2, 0.25) is 0 Å². The maximum absolute atomic E-state index is 14.1. The van der Waals surface area contributed by atoms with E-state index in [1.54, 1.807) is 32.9 Å². The molecule has 2 unspecified atom stereocenters. The molecule has 0 radical (unpaired) electrons. The number of hydrogen-bond acceptors (Lipinski definition) is 7. The minimum atomic E-state index is -4.52. The Morgan fingerprint density at radius 1 is 1.10 bits per heavy atom. The minimum Gasteiger partial charge on any atom is -0.507 e.